The summed E-state index contributed by atoms with van der Waals surface area (Å²) < 4.78 is 21.8. The summed E-state index contributed by atoms with van der Waals surface area (Å²) in [6.45, 7) is 2.31. The number of carbonyl (C=O) groups excluding carboxylic acids is 4. The molecule has 1 N–H and O–H groups in total. The third-order valence-corrected chi connectivity index (χ3v) is 6.05. The lowest BCUT2D eigenvalue weighted by Gasteiger charge is -2.11. The number of aryl methyl sites for hydroxylation is 1. The molecule has 0 fully saturated rings. The molecule has 4 rings (SSSR count). The molecule has 0 aliphatic carbocycles. The van der Waals surface area contributed by atoms with Gasteiger partial charge in [-0.3, -0.25) is 4.79 Å². The minimum absolute atomic E-state index is 0.119. The van der Waals surface area contributed by atoms with Gasteiger partial charge >= 0.3 is 17.9 Å². The zero-order valence-electron chi connectivity index (χ0n) is 22.8. The van der Waals surface area contributed by atoms with Crippen LogP contribution in [0.2, 0.25) is 0 Å². The van der Waals surface area contributed by atoms with Crippen LogP contribution in [0.25, 0.3) is 0 Å². The predicted molar refractivity (Wildman–Crippen MR) is 153 cm³/mol. The van der Waals surface area contributed by atoms with E-state index in [-0.39, 0.29) is 29.2 Å². The quantitative estimate of drug-likeness (QED) is 0.100. The van der Waals surface area contributed by atoms with Gasteiger partial charge in [0, 0.05) is 12.2 Å². The Balaban J connectivity index is 1.30. The molecule has 0 saturated heterocycles. The van der Waals surface area contributed by atoms with Gasteiger partial charge in [0.15, 0.2) is 0 Å². The molecule has 42 heavy (non-hydrogen) atoms. The summed E-state index contributed by atoms with van der Waals surface area (Å²) in [7, 11) is 0. The second-order valence-corrected chi connectivity index (χ2v) is 9.16. The molecule has 9 nitrogen and oxygen atoms in total. The molecular formula is C33H28O9. The maximum atomic E-state index is 12.6. The normalized spacial score (nSPS) is 10.4. The van der Waals surface area contributed by atoms with Crippen LogP contribution in [-0.2, 0) is 0 Å². The predicted octanol–water partition coefficient (Wildman–Crippen LogP) is 5.62. The zero-order valence-corrected chi connectivity index (χ0v) is 22.8. The van der Waals surface area contributed by atoms with Crippen molar-refractivity contribution >= 4 is 24.2 Å². The number of hydrogen-bond donors (Lipinski definition) is 1. The first kappa shape index (κ1) is 29.7. The standard InChI is InChI=1S/C33H28O9/c1-22-20-29(16-17-30(22)42-33(38)26-8-12-27(13-9-26)39-19-3-2-18-34)41-32(37)25-10-14-28(15-11-25)40-31(36)24-6-4-23(21-35)5-7-24/h4-17,20-21,34H,2-3,18-19H2,1H3. The van der Waals surface area contributed by atoms with Crippen molar-refractivity contribution in [1.82, 2.24) is 0 Å². The summed E-state index contributed by atoms with van der Waals surface area (Å²) in [6.07, 6.45) is 2.07. The molecule has 0 amide bonds. The highest BCUT2D eigenvalue weighted by molar-refractivity contribution is 5.93. The van der Waals surface area contributed by atoms with Crippen LogP contribution >= 0.6 is 0 Å². The first-order chi connectivity index (χ1) is 20.4. The lowest BCUT2D eigenvalue weighted by molar-refractivity contribution is 0.0717. The van der Waals surface area contributed by atoms with Crippen LogP contribution in [0.1, 0.15) is 59.8 Å². The van der Waals surface area contributed by atoms with E-state index < -0.39 is 17.9 Å². The Morgan fingerprint density at radius 2 is 1.14 bits per heavy atom. The van der Waals surface area contributed by atoms with E-state index >= 15 is 0 Å². The number of carbonyl (C=O) groups is 4. The number of aldehydes is 1. The summed E-state index contributed by atoms with van der Waals surface area (Å²) in [5.41, 5.74) is 1.89. The van der Waals surface area contributed by atoms with Gasteiger partial charge in [-0.15, -0.1) is 0 Å². The first-order valence-electron chi connectivity index (χ1n) is 13.1. The smallest absolute Gasteiger partial charge is 0.343 e. The molecule has 0 aliphatic rings. The minimum atomic E-state index is -0.625. The second kappa shape index (κ2) is 14.4. The Kier molecular flexibility index (Phi) is 10.2. The van der Waals surface area contributed by atoms with Crippen LogP contribution < -0.4 is 18.9 Å². The molecule has 9 heteroatoms. The third-order valence-electron chi connectivity index (χ3n) is 6.05. The average Bonchev–Trinajstić information content (AvgIpc) is 3.01. The van der Waals surface area contributed by atoms with Gasteiger partial charge in [0.25, 0.3) is 0 Å². The van der Waals surface area contributed by atoms with E-state index in [1.165, 1.54) is 54.6 Å². The summed E-state index contributed by atoms with van der Waals surface area (Å²) >= 11 is 0. The molecule has 4 aromatic carbocycles. The number of hydrogen-bond acceptors (Lipinski definition) is 9. The Hall–Kier alpha value is -5.28. The van der Waals surface area contributed by atoms with Crippen LogP contribution in [0.3, 0.4) is 0 Å². The molecule has 0 saturated carbocycles. The van der Waals surface area contributed by atoms with E-state index in [0.717, 1.165) is 6.42 Å². The van der Waals surface area contributed by atoms with E-state index in [2.05, 4.69) is 0 Å². The number of unbranched alkanes of at least 4 members (excludes halogenated alkanes) is 1. The zero-order chi connectivity index (χ0) is 29.9. The van der Waals surface area contributed by atoms with Gasteiger partial charge in [0.05, 0.1) is 23.3 Å². The van der Waals surface area contributed by atoms with Crippen molar-refractivity contribution in [2.45, 2.75) is 19.8 Å². The van der Waals surface area contributed by atoms with Gasteiger partial charge in [-0.05, 0) is 104 Å². The summed E-state index contributed by atoms with van der Waals surface area (Å²) in [4.78, 5) is 48.3. The van der Waals surface area contributed by atoms with Crippen LogP contribution in [0.4, 0.5) is 0 Å². The van der Waals surface area contributed by atoms with E-state index in [0.29, 0.717) is 47.5 Å². The highest BCUT2D eigenvalue weighted by atomic mass is 16.5. The highest BCUT2D eigenvalue weighted by Crippen LogP contribution is 2.26. The molecule has 0 spiro atoms. The maximum absolute atomic E-state index is 12.6. The number of benzene rings is 4. The Morgan fingerprint density at radius 3 is 1.69 bits per heavy atom. The van der Waals surface area contributed by atoms with Crippen molar-refractivity contribution in [3.8, 4) is 23.0 Å². The van der Waals surface area contributed by atoms with Gasteiger partial charge in [-0.2, -0.15) is 0 Å². The van der Waals surface area contributed by atoms with Crippen LogP contribution in [0.15, 0.2) is 91.0 Å². The number of aliphatic hydroxyl groups excluding tert-OH is 1. The van der Waals surface area contributed by atoms with Gasteiger partial charge in [0.2, 0.25) is 0 Å². The Morgan fingerprint density at radius 1 is 0.643 bits per heavy atom. The van der Waals surface area contributed by atoms with Crippen molar-refractivity contribution in [2.75, 3.05) is 13.2 Å². The van der Waals surface area contributed by atoms with Crippen LogP contribution in [-0.4, -0.2) is 42.5 Å². The van der Waals surface area contributed by atoms with Crippen molar-refractivity contribution in [3.63, 3.8) is 0 Å². The SMILES string of the molecule is Cc1cc(OC(=O)c2ccc(OC(=O)c3ccc(C=O)cc3)cc2)ccc1OC(=O)c1ccc(OCCCCO)cc1. The number of ether oxygens (including phenoxy) is 4. The third kappa shape index (κ3) is 8.12. The van der Waals surface area contributed by atoms with Gasteiger partial charge < -0.3 is 24.1 Å². The molecule has 214 valence electrons. The molecule has 0 aromatic heterocycles. The highest BCUT2D eigenvalue weighted by Gasteiger charge is 2.15. The largest absolute Gasteiger partial charge is 0.494 e. The molecule has 4 aromatic rings. The molecule has 0 unspecified atom stereocenters. The fraction of sp³-hybridized carbons (Fsp3) is 0.152. The lowest BCUT2D eigenvalue weighted by atomic mass is 10.1. The fourth-order valence-corrected chi connectivity index (χ4v) is 3.74. The van der Waals surface area contributed by atoms with Crippen molar-refractivity contribution in [1.29, 1.82) is 0 Å². The molecule has 0 radical (unpaired) electrons. The van der Waals surface area contributed by atoms with Gasteiger partial charge in [-0.25, -0.2) is 14.4 Å². The summed E-state index contributed by atoms with van der Waals surface area (Å²) in [6, 6.07) is 23.1. The average molecular weight is 569 g/mol. The fourth-order valence-electron chi connectivity index (χ4n) is 3.74. The Bertz CT molecular complexity index is 1540. The monoisotopic (exact) mass is 568 g/mol. The molecule has 0 atom stereocenters. The van der Waals surface area contributed by atoms with Crippen LogP contribution in [0, 0.1) is 6.92 Å². The maximum Gasteiger partial charge on any atom is 0.343 e. The van der Waals surface area contributed by atoms with E-state index in [1.807, 2.05) is 0 Å². The summed E-state index contributed by atoms with van der Waals surface area (Å²) in [5, 5.41) is 8.82. The molecule has 0 aliphatic heterocycles. The minimum Gasteiger partial charge on any atom is -0.494 e. The van der Waals surface area contributed by atoms with E-state index in [9.17, 15) is 19.2 Å². The van der Waals surface area contributed by atoms with Gasteiger partial charge in [0.1, 0.15) is 29.3 Å². The van der Waals surface area contributed by atoms with Crippen molar-refractivity contribution in [3.05, 3.63) is 119 Å². The van der Waals surface area contributed by atoms with Crippen molar-refractivity contribution in [2.24, 2.45) is 0 Å². The molecule has 0 bridgehead atoms. The second-order valence-electron chi connectivity index (χ2n) is 9.16. The number of rotatable bonds is 12. The van der Waals surface area contributed by atoms with E-state index in [1.54, 1.807) is 43.3 Å². The van der Waals surface area contributed by atoms with Crippen molar-refractivity contribution < 1.29 is 43.2 Å². The summed E-state index contributed by atoms with van der Waals surface area (Å²) in [5.74, 6) is -0.350. The lowest BCUT2D eigenvalue weighted by Crippen LogP contribution is -2.11. The molecule has 0 heterocycles. The molecular weight excluding hydrogens is 540 g/mol. The topological polar surface area (TPSA) is 125 Å². The van der Waals surface area contributed by atoms with E-state index in [4.69, 9.17) is 24.1 Å². The first-order valence-corrected chi connectivity index (χ1v) is 13.1. The number of esters is 3. The van der Waals surface area contributed by atoms with Gasteiger partial charge in [-0.1, -0.05) is 12.1 Å². The Labute approximate surface area is 242 Å². The van der Waals surface area contributed by atoms with Crippen LogP contribution in [0.5, 0.6) is 23.0 Å². The number of aliphatic hydroxyl groups is 1.